The zero-order valence-corrected chi connectivity index (χ0v) is 16.8. The molecule has 0 unspecified atom stereocenters. The summed E-state index contributed by atoms with van der Waals surface area (Å²) < 4.78 is 5.99. The quantitative estimate of drug-likeness (QED) is 0.637. The van der Waals surface area contributed by atoms with Gasteiger partial charge in [0.2, 0.25) is 0 Å². The Hall–Kier alpha value is -1.97. The predicted molar refractivity (Wildman–Crippen MR) is 116 cm³/mol. The minimum Gasteiger partial charge on any atom is -0.492 e. The molecule has 2 aliphatic heterocycles. The lowest BCUT2D eigenvalue weighted by Gasteiger charge is -2.19. The van der Waals surface area contributed by atoms with Crippen LogP contribution in [0.15, 0.2) is 65.4 Å². The molecule has 2 aromatic carbocycles. The van der Waals surface area contributed by atoms with Gasteiger partial charge in [-0.25, -0.2) is 0 Å². The molecule has 0 bridgehead atoms. The Morgan fingerprint density at radius 2 is 1.78 bits per heavy atom. The third kappa shape index (κ3) is 4.85. The Kier molecular flexibility index (Phi) is 6.00. The molecule has 0 N–H and O–H groups in total. The SMILES string of the molecule is CN1CCC[C@@H]1COc1ccc(Cc2ccc(C3=CSC=CC3)cc2)cc1. The number of benzene rings is 2. The third-order valence-electron chi connectivity index (χ3n) is 5.49. The Morgan fingerprint density at radius 3 is 2.41 bits per heavy atom. The number of rotatable bonds is 6. The van der Waals surface area contributed by atoms with E-state index in [9.17, 15) is 0 Å². The number of nitrogens with zero attached hydrogens (tertiary/aromatic N) is 1. The largest absolute Gasteiger partial charge is 0.492 e. The van der Waals surface area contributed by atoms with Gasteiger partial charge in [-0.2, -0.15) is 0 Å². The van der Waals surface area contributed by atoms with Gasteiger partial charge in [0.05, 0.1) is 0 Å². The molecule has 0 aliphatic carbocycles. The molecule has 0 spiro atoms. The molecule has 3 heteroatoms. The molecule has 0 saturated carbocycles. The zero-order chi connectivity index (χ0) is 18.5. The highest BCUT2D eigenvalue weighted by atomic mass is 32.2. The maximum atomic E-state index is 5.99. The van der Waals surface area contributed by atoms with Gasteiger partial charge in [0.15, 0.2) is 0 Å². The van der Waals surface area contributed by atoms with Crippen LogP contribution in [0.2, 0.25) is 0 Å². The van der Waals surface area contributed by atoms with E-state index in [1.54, 1.807) is 11.8 Å². The van der Waals surface area contributed by atoms with Gasteiger partial charge in [0, 0.05) is 6.04 Å². The van der Waals surface area contributed by atoms with Crippen LogP contribution in [0.4, 0.5) is 0 Å². The second kappa shape index (κ2) is 8.81. The number of likely N-dealkylation sites (N-methyl/N-ethyl adjacent to an activating group) is 1. The highest BCUT2D eigenvalue weighted by Crippen LogP contribution is 2.28. The molecule has 0 amide bonds. The standard InChI is InChI=1S/C24H27NOS/c1-25-14-2-5-23(25)17-26-24-12-8-20(9-13-24)16-19-6-10-21(11-7-19)22-4-3-15-27-18-22/h3,6-13,15,18,23H,2,4-5,14,16-17H2,1H3/t23-/m1/s1. The van der Waals surface area contributed by atoms with Crippen molar-refractivity contribution in [2.45, 2.75) is 31.7 Å². The van der Waals surface area contributed by atoms with Crippen molar-refractivity contribution in [3.63, 3.8) is 0 Å². The minimum absolute atomic E-state index is 0.566. The van der Waals surface area contributed by atoms with E-state index < -0.39 is 0 Å². The van der Waals surface area contributed by atoms with E-state index in [1.165, 1.54) is 41.6 Å². The topological polar surface area (TPSA) is 12.5 Å². The highest BCUT2D eigenvalue weighted by Gasteiger charge is 2.21. The van der Waals surface area contributed by atoms with E-state index in [0.29, 0.717) is 6.04 Å². The molecular weight excluding hydrogens is 350 g/mol. The van der Waals surface area contributed by atoms with Crippen molar-refractivity contribution in [2.75, 3.05) is 20.2 Å². The molecule has 1 atom stereocenters. The molecular formula is C24H27NOS. The molecule has 2 heterocycles. The summed E-state index contributed by atoms with van der Waals surface area (Å²) in [6.45, 7) is 1.99. The number of ether oxygens (including phenoxy) is 1. The zero-order valence-electron chi connectivity index (χ0n) is 15.9. The van der Waals surface area contributed by atoms with Crippen molar-refractivity contribution in [3.05, 3.63) is 82.1 Å². The van der Waals surface area contributed by atoms with E-state index in [1.807, 2.05) is 0 Å². The van der Waals surface area contributed by atoms with Gasteiger partial charge in [-0.15, -0.1) is 11.8 Å². The first-order valence-electron chi connectivity index (χ1n) is 9.79. The lowest BCUT2D eigenvalue weighted by molar-refractivity contribution is 0.198. The minimum atomic E-state index is 0.566. The van der Waals surface area contributed by atoms with Crippen LogP contribution in [-0.4, -0.2) is 31.1 Å². The molecule has 1 fully saturated rings. The van der Waals surface area contributed by atoms with Crippen LogP contribution >= 0.6 is 11.8 Å². The second-order valence-corrected chi connectivity index (χ2v) is 8.24. The number of allylic oxidation sites excluding steroid dienone is 2. The molecule has 2 nitrogen and oxygen atoms in total. The Morgan fingerprint density at radius 1 is 1.04 bits per heavy atom. The van der Waals surface area contributed by atoms with Gasteiger partial charge in [-0.05, 0) is 84.5 Å². The maximum absolute atomic E-state index is 5.99. The van der Waals surface area contributed by atoms with Crippen LogP contribution < -0.4 is 4.74 Å². The summed E-state index contributed by atoms with van der Waals surface area (Å²) in [6, 6.07) is 18.1. The Labute approximate surface area is 166 Å². The van der Waals surface area contributed by atoms with Gasteiger partial charge in [0.25, 0.3) is 0 Å². The van der Waals surface area contributed by atoms with E-state index in [0.717, 1.165) is 25.2 Å². The van der Waals surface area contributed by atoms with Crippen molar-refractivity contribution >= 4 is 17.3 Å². The molecule has 1 saturated heterocycles. The molecule has 27 heavy (non-hydrogen) atoms. The smallest absolute Gasteiger partial charge is 0.119 e. The van der Waals surface area contributed by atoms with Crippen LogP contribution in [-0.2, 0) is 6.42 Å². The first kappa shape index (κ1) is 18.4. The monoisotopic (exact) mass is 377 g/mol. The van der Waals surface area contributed by atoms with Crippen LogP contribution in [0, 0.1) is 0 Å². The molecule has 140 valence electrons. The van der Waals surface area contributed by atoms with E-state index in [-0.39, 0.29) is 0 Å². The van der Waals surface area contributed by atoms with Crippen molar-refractivity contribution < 1.29 is 4.74 Å². The molecule has 0 radical (unpaired) electrons. The summed E-state index contributed by atoms with van der Waals surface area (Å²) in [7, 11) is 2.19. The van der Waals surface area contributed by atoms with E-state index in [4.69, 9.17) is 4.74 Å². The average Bonchev–Trinajstić information content (AvgIpc) is 3.13. The fraction of sp³-hybridized carbons (Fsp3) is 0.333. The summed E-state index contributed by atoms with van der Waals surface area (Å²) in [5.74, 6) is 0.976. The molecule has 4 rings (SSSR count). The van der Waals surface area contributed by atoms with Crippen molar-refractivity contribution in [1.29, 1.82) is 0 Å². The fourth-order valence-electron chi connectivity index (χ4n) is 3.74. The molecule has 0 aromatic heterocycles. The summed E-state index contributed by atoms with van der Waals surface area (Å²) in [6.07, 6.45) is 6.75. The van der Waals surface area contributed by atoms with E-state index >= 15 is 0 Å². The summed E-state index contributed by atoms with van der Waals surface area (Å²) in [5, 5.41) is 4.40. The van der Waals surface area contributed by atoms with Crippen molar-refractivity contribution in [2.24, 2.45) is 0 Å². The lowest BCUT2D eigenvalue weighted by Crippen LogP contribution is -2.30. The van der Waals surface area contributed by atoms with Gasteiger partial charge in [-0.1, -0.05) is 42.5 Å². The van der Waals surface area contributed by atoms with Crippen LogP contribution in [0.25, 0.3) is 5.57 Å². The first-order valence-corrected chi connectivity index (χ1v) is 10.7. The summed E-state index contributed by atoms with van der Waals surface area (Å²) in [5.41, 5.74) is 5.41. The van der Waals surface area contributed by atoms with Gasteiger partial charge >= 0.3 is 0 Å². The molecule has 2 aromatic rings. The summed E-state index contributed by atoms with van der Waals surface area (Å²) in [4.78, 5) is 2.40. The number of thioether (sulfide) groups is 1. The van der Waals surface area contributed by atoms with Crippen LogP contribution in [0.3, 0.4) is 0 Å². The summed E-state index contributed by atoms with van der Waals surface area (Å²) >= 11 is 1.76. The fourth-order valence-corrected chi connectivity index (χ4v) is 4.43. The maximum Gasteiger partial charge on any atom is 0.119 e. The van der Waals surface area contributed by atoms with Crippen molar-refractivity contribution in [3.8, 4) is 5.75 Å². The van der Waals surface area contributed by atoms with Gasteiger partial charge in [0.1, 0.15) is 12.4 Å². The average molecular weight is 378 g/mol. The number of likely N-dealkylation sites (tertiary alicyclic amines) is 1. The first-order chi connectivity index (χ1) is 13.3. The van der Waals surface area contributed by atoms with E-state index in [2.05, 4.69) is 77.4 Å². The normalized spacial score (nSPS) is 19.9. The van der Waals surface area contributed by atoms with Crippen LogP contribution in [0.1, 0.15) is 36.0 Å². The lowest BCUT2D eigenvalue weighted by atomic mass is 9.99. The highest BCUT2D eigenvalue weighted by molar-refractivity contribution is 8.05. The molecule has 2 aliphatic rings. The number of hydrogen-bond acceptors (Lipinski definition) is 3. The van der Waals surface area contributed by atoms with Gasteiger partial charge in [-0.3, -0.25) is 0 Å². The van der Waals surface area contributed by atoms with Gasteiger partial charge < -0.3 is 9.64 Å². The Balaban J connectivity index is 1.32. The van der Waals surface area contributed by atoms with Crippen LogP contribution in [0.5, 0.6) is 5.75 Å². The number of hydrogen-bond donors (Lipinski definition) is 0. The third-order valence-corrected chi connectivity index (χ3v) is 6.26. The predicted octanol–water partition coefficient (Wildman–Crippen LogP) is 5.74. The second-order valence-electron chi connectivity index (χ2n) is 7.46. The van der Waals surface area contributed by atoms with Crippen molar-refractivity contribution in [1.82, 2.24) is 4.90 Å². The Bertz CT molecular complexity index is 807.